The van der Waals surface area contributed by atoms with Gasteiger partial charge >= 0.3 is 0 Å². The fraction of sp³-hybridized carbons (Fsp3) is 0.150. The van der Waals surface area contributed by atoms with Crippen LogP contribution in [0.25, 0.3) is 0 Å². The van der Waals surface area contributed by atoms with Crippen molar-refractivity contribution >= 4 is 23.2 Å². The Kier molecular flexibility index (Phi) is 6.08. The van der Waals surface area contributed by atoms with Gasteiger partial charge in [0, 0.05) is 35.9 Å². The fourth-order valence-corrected chi connectivity index (χ4v) is 2.56. The maximum Gasteiger partial charge on any atom is 0.258 e. The van der Waals surface area contributed by atoms with E-state index in [1.54, 1.807) is 24.3 Å². The smallest absolute Gasteiger partial charge is 0.258 e. The van der Waals surface area contributed by atoms with Gasteiger partial charge in [-0.25, -0.2) is 14.4 Å². The van der Waals surface area contributed by atoms with Crippen molar-refractivity contribution in [1.82, 2.24) is 9.97 Å². The van der Waals surface area contributed by atoms with E-state index in [-0.39, 0.29) is 17.3 Å². The summed E-state index contributed by atoms with van der Waals surface area (Å²) in [7, 11) is 4.47. The minimum atomic E-state index is -0.420. The average Bonchev–Trinajstić information content (AvgIpc) is 2.73. The number of carbonyl (C=O) groups excluding carboxylic acids is 1. The third-order valence-electron chi connectivity index (χ3n) is 3.92. The molecule has 0 unspecified atom stereocenters. The third kappa shape index (κ3) is 4.70. The molecule has 0 spiro atoms. The first-order valence-corrected chi connectivity index (χ1v) is 8.50. The van der Waals surface area contributed by atoms with E-state index in [2.05, 4.69) is 20.6 Å². The lowest BCUT2D eigenvalue weighted by molar-refractivity contribution is 0.102. The number of hydrogen-bond donors (Lipinski definition) is 2. The van der Waals surface area contributed by atoms with Crippen LogP contribution in [0.2, 0.25) is 0 Å². The molecule has 1 amide bonds. The van der Waals surface area contributed by atoms with Gasteiger partial charge < -0.3 is 24.8 Å². The molecule has 29 heavy (non-hydrogen) atoms. The molecule has 2 N–H and O–H groups in total. The van der Waals surface area contributed by atoms with Crippen LogP contribution >= 0.6 is 0 Å². The number of rotatable bonds is 7. The van der Waals surface area contributed by atoms with Crippen molar-refractivity contribution in [2.45, 2.75) is 0 Å². The summed E-state index contributed by atoms with van der Waals surface area (Å²) in [5, 5.41) is 5.59. The highest BCUT2D eigenvalue weighted by atomic mass is 19.1. The minimum Gasteiger partial charge on any atom is -0.493 e. The molecule has 0 radical (unpaired) electrons. The lowest BCUT2D eigenvalue weighted by Crippen LogP contribution is -2.13. The van der Waals surface area contributed by atoms with Crippen LogP contribution in [0.15, 0.2) is 48.8 Å². The highest BCUT2D eigenvalue weighted by molar-refractivity contribution is 6.04. The van der Waals surface area contributed by atoms with Crippen molar-refractivity contribution in [3.8, 4) is 17.2 Å². The van der Waals surface area contributed by atoms with Crippen molar-refractivity contribution < 1.29 is 23.4 Å². The molecule has 3 aromatic rings. The number of methoxy groups -OCH3 is 3. The Labute approximate surface area is 166 Å². The zero-order valence-electron chi connectivity index (χ0n) is 16.0. The summed E-state index contributed by atoms with van der Waals surface area (Å²) < 4.78 is 29.0. The molecule has 150 valence electrons. The first kappa shape index (κ1) is 19.9. The molecule has 0 aliphatic rings. The molecule has 0 bridgehead atoms. The predicted octanol–water partition coefficient (Wildman–Crippen LogP) is 3.64. The zero-order valence-corrected chi connectivity index (χ0v) is 16.0. The lowest BCUT2D eigenvalue weighted by Gasteiger charge is -2.14. The van der Waals surface area contributed by atoms with Gasteiger partial charge in [-0.05, 0) is 18.2 Å². The van der Waals surface area contributed by atoms with E-state index in [0.717, 1.165) is 0 Å². The van der Waals surface area contributed by atoms with Crippen LogP contribution in [0, 0.1) is 5.82 Å². The average molecular weight is 398 g/mol. The summed E-state index contributed by atoms with van der Waals surface area (Å²) in [6.45, 7) is 0. The summed E-state index contributed by atoms with van der Waals surface area (Å²) >= 11 is 0. The predicted molar refractivity (Wildman–Crippen MR) is 106 cm³/mol. The van der Waals surface area contributed by atoms with Crippen LogP contribution in [0.3, 0.4) is 0 Å². The van der Waals surface area contributed by atoms with Crippen LogP contribution in [-0.2, 0) is 0 Å². The quantitative estimate of drug-likeness (QED) is 0.627. The van der Waals surface area contributed by atoms with Gasteiger partial charge in [0.2, 0.25) is 11.7 Å². The topological polar surface area (TPSA) is 94.6 Å². The van der Waals surface area contributed by atoms with Gasteiger partial charge in [-0.15, -0.1) is 0 Å². The third-order valence-corrected chi connectivity index (χ3v) is 3.92. The molecule has 8 nitrogen and oxygen atoms in total. The first-order chi connectivity index (χ1) is 14.0. The number of ether oxygens (including phenoxy) is 3. The Morgan fingerprint density at radius 2 is 1.59 bits per heavy atom. The van der Waals surface area contributed by atoms with E-state index in [9.17, 15) is 9.18 Å². The van der Waals surface area contributed by atoms with Crippen molar-refractivity contribution in [3.05, 3.63) is 60.2 Å². The Hall–Kier alpha value is -3.88. The number of hydrogen-bond acceptors (Lipinski definition) is 7. The highest BCUT2D eigenvalue weighted by Gasteiger charge is 2.15. The number of nitrogens with one attached hydrogen (secondary N) is 2. The summed E-state index contributed by atoms with van der Waals surface area (Å²) in [6, 6.07) is 9.12. The molecule has 0 fully saturated rings. The second-order valence-corrected chi connectivity index (χ2v) is 5.80. The molecular formula is C20H19FN4O4. The first-order valence-electron chi connectivity index (χ1n) is 8.50. The maximum absolute atomic E-state index is 13.2. The van der Waals surface area contributed by atoms with Crippen LogP contribution in [0.1, 0.15) is 10.4 Å². The standard InChI is InChI=1S/C20H19FN4O4/c1-27-16-8-15(9-17(28-2)18(16)29-3)24-19(26)12-10-22-20(23-11-12)25-14-6-4-5-13(21)7-14/h4-11H,1-3H3,(H,24,26)(H,22,23,25). The van der Waals surface area contributed by atoms with Gasteiger partial charge in [0.1, 0.15) is 5.82 Å². The number of carbonyl (C=O) groups is 1. The summed E-state index contributed by atoms with van der Waals surface area (Å²) in [6.07, 6.45) is 2.73. The SMILES string of the molecule is COc1cc(NC(=O)c2cnc(Nc3cccc(F)c3)nc2)cc(OC)c1OC. The van der Waals surface area contributed by atoms with Crippen LogP contribution in [0.4, 0.5) is 21.7 Å². The van der Waals surface area contributed by atoms with Crippen LogP contribution in [0.5, 0.6) is 17.2 Å². The van der Waals surface area contributed by atoms with Crippen molar-refractivity contribution in [2.75, 3.05) is 32.0 Å². The van der Waals surface area contributed by atoms with E-state index in [4.69, 9.17) is 14.2 Å². The Bertz CT molecular complexity index is 987. The number of anilines is 3. The molecule has 0 saturated carbocycles. The van der Waals surface area contributed by atoms with E-state index in [0.29, 0.717) is 28.6 Å². The maximum atomic E-state index is 13.2. The lowest BCUT2D eigenvalue weighted by atomic mass is 10.2. The minimum absolute atomic E-state index is 0.236. The van der Waals surface area contributed by atoms with Gasteiger partial charge in [0.15, 0.2) is 11.5 Å². The van der Waals surface area contributed by atoms with Crippen molar-refractivity contribution in [2.24, 2.45) is 0 Å². The largest absolute Gasteiger partial charge is 0.493 e. The summed E-state index contributed by atoms with van der Waals surface area (Å²) in [5.74, 6) is 0.679. The van der Waals surface area contributed by atoms with Crippen LogP contribution < -0.4 is 24.8 Å². The van der Waals surface area contributed by atoms with E-state index >= 15 is 0 Å². The van der Waals surface area contributed by atoms with Gasteiger partial charge in [-0.1, -0.05) is 6.07 Å². The highest BCUT2D eigenvalue weighted by Crippen LogP contribution is 2.40. The second-order valence-electron chi connectivity index (χ2n) is 5.80. The number of halogens is 1. The molecule has 9 heteroatoms. The number of benzene rings is 2. The molecule has 1 heterocycles. The Morgan fingerprint density at radius 1 is 0.931 bits per heavy atom. The van der Waals surface area contributed by atoms with E-state index in [1.807, 2.05) is 0 Å². The Balaban J connectivity index is 1.74. The number of aromatic nitrogens is 2. The van der Waals surface area contributed by atoms with Crippen LogP contribution in [-0.4, -0.2) is 37.2 Å². The molecule has 0 atom stereocenters. The van der Waals surface area contributed by atoms with Gasteiger partial charge in [-0.3, -0.25) is 4.79 Å². The summed E-state index contributed by atoms with van der Waals surface area (Å²) in [5.41, 5.74) is 1.19. The second kappa shape index (κ2) is 8.87. The molecule has 1 aromatic heterocycles. The molecule has 0 aliphatic carbocycles. The number of amides is 1. The molecule has 2 aromatic carbocycles. The monoisotopic (exact) mass is 398 g/mol. The van der Waals surface area contributed by atoms with Crippen molar-refractivity contribution in [1.29, 1.82) is 0 Å². The van der Waals surface area contributed by atoms with Gasteiger partial charge in [-0.2, -0.15) is 0 Å². The van der Waals surface area contributed by atoms with E-state index < -0.39 is 5.91 Å². The zero-order chi connectivity index (χ0) is 20.8. The summed E-state index contributed by atoms with van der Waals surface area (Å²) in [4.78, 5) is 20.7. The van der Waals surface area contributed by atoms with Crippen molar-refractivity contribution in [3.63, 3.8) is 0 Å². The Morgan fingerprint density at radius 3 is 2.14 bits per heavy atom. The number of nitrogens with zero attached hydrogens (tertiary/aromatic N) is 2. The van der Waals surface area contributed by atoms with Gasteiger partial charge in [0.25, 0.3) is 5.91 Å². The van der Waals surface area contributed by atoms with E-state index in [1.165, 1.54) is 45.9 Å². The molecule has 3 rings (SSSR count). The fourth-order valence-electron chi connectivity index (χ4n) is 2.56. The normalized spacial score (nSPS) is 10.2. The molecule has 0 saturated heterocycles. The molecular weight excluding hydrogens is 379 g/mol. The molecule has 0 aliphatic heterocycles. The van der Waals surface area contributed by atoms with Gasteiger partial charge in [0.05, 0.1) is 26.9 Å².